The lowest BCUT2D eigenvalue weighted by atomic mass is 9.81. The Hall–Kier alpha value is -6.39. The van der Waals surface area contributed by atoms with Crippen LogP contribution in [0.15, 0.2) is 66.7 Å². The number of amides is 5. The van der Waals surface area contributed by atoms with Crippen LogP contribution >= 0.6 is 0 Å². The predicted molar refractivity (Wildman–Crippen MR) is 229 cm³/mol. The van der Waals surface area contributed by atoms with Crippen molar-refractivity contribution in [2.24, 2.45) is 11.8 Å². The summed E-state index contributed by atoms with van der Waals surface area (Å²) in [5.74, 6) is -1.50. The number of benzene rings is 3. The van der Waals surface area contributed by atoms with E-state index in [1.165, 1.54) is 11.0 Å². The standard InChI is InChI=1S/C45H56FN9O7/c1-44(2,3)61-42(59)47-27-29-12-16-32(17-13-29)39(56)49-36(40(57)48-33-20-18-31(19-21-33)38-50-52-53-51-38)26-28-10-14-30(15-11-28)34-8-7-9-35(37(34)46)41(58)54-22-24-55(25-23-54)43(60)62-45(4,5)6/h7-11,14-15,18-21,29,32,36H,12-13,16-17,22-27H2,1-6H3,(H,47,59)(H,48,57)(H,49,56)(H,50,51,52,53). The van der Waals surface area contributed by atoms with Crippen LogP contribution in [0.1, 0.15) is 83.1 Å². The highest BCUT2D eigenvalue weighted by Crippen LogP contribution is 2.30. The third-order valence-electron chi connectivity index (χ3n) is 10.7. The first kappa shape index (κ1) is 45.1. The Bertz CT molecular complexity index is 2190. The third-order valence-corrected chi connectivity index (χ3v) is 10.7. The van der Waals surface area contributed by atoms with Gasteiger partial charge in [0.1, 0.15) is 23.1 Å². The maximum atomic E-state index is 16.1. The molecule has 62 heavy (non-hydrogen) atoms. The molecule has 16 nitrogen and oxygen atoms in total. The molecular weight excluding hydrogens is 798 g/mol. The molecule has 17 heteroatoms. The Balaban J connectivity index is 1.11. The molecule has 1 atom stereocenters. The van der Waals surface area contributed by atoms with Crippen molar-refractivity contribution in [3.63, 3.8) is 0 Å². The monoisotopic (exact) mass is 853 g/mol. The summed E-state index contributed by atoms with van der Waals surface area (Å²) in [6.07, 6.45) is 1.88. The summed E-state index contributed by atoms with van der Waals surface area (Å²) < 4.78 is 26.9. The highest BCUT2D eigenvalue weighted by molar-refractivity contribution is 5.98. The first-order valence-electron chi connectivity index (χ1n) is 21.0. The van der Waals surface area contributed by atoms with Gasteiger partial charge < -0.3 is 35.2 Å². The van der Waals surface area contributed by atoms with Gasteiger partial charge in [-0.25, -0.2) is 14.0 Å². The van der Waals surface area contributed by atoms with Crippen molar-refractivity contribution in [2.45, 2.75) is 90.9 Å². The van der Waals surface area contributed by atoms with Crippen LogP contribution in [0, 0.1) is 17.7 Å². The van der Waals surface area contributed by atoms with Gasteiger partial charge in [0.15, 0.2) is 0 Å². The van der Waals surface area contributed by atoms with Crippen LogP contribution in [-0.4, -0.2) is 110 Å². The molecule has 4 aromatic rings. The molecule has 5 amide bonds. The molecule has 330 valence electrons. The lowest BCUT2D eigenvalue weighted by Crippen LogP contribution is -2.51. The highest BCUT2D eigenvalue weighted by Gasteiger charge is 2.32. The van der Waals surface area contributed by atoms with E-state index in [9.17, 15) is 24.0 Å². The number of carbonyl (C=O) groups excluding carboxylic acids is 5. The lowest BCUT2D eigenvalue weighted by molar-refractivity contribution is -0.130. The lowest BCUT2D eigenvalue weighted by Gasteiger charge is -2.35. The van der Waals surface area contributed by atoms with Gasteiger partial charge in [-0.1, -0.05) is 36.4 Å². The Labute approximate surface area is 360 Å². The number of nitrogens with one attached hydrogen (secondary N) is 4. The van der Waals surface area contributed by atoms with Crippen molar-refractivity contribution >= 4 is 35.6 Å². The molecule has 1 aliphatic heterocycles. The van der Waals surface area contributed by atoms with Crippen LogP contribution in [0.2, 0.25) is 0 Å². The number of aromatic amines is 1. The summed E-state index contributed by atoms with van der Waals surface area (Å²) in [6, 6.07) is 17.6. The van der Waals surface area contributed by atoms with Crippen molar-refractivity contribution in [1.82, 2.24) is 41.1 Å². The fraction of sp³-hybridized carbons (Fsp3) is 0.467. The largest absolute Gasteiger partial charge is 0.444 e. The Morgan fingerprint density at radius 2 is 1.44 bits per heavy atom. The fourth-order valence-electron chi connectivity index (χ4n) is 7.45. The van der Waals surface area contributed by atoms with Crippen molar-refractivity contribution in [2.75, 3.05) is 38.0 Å². The van der Waals surface area contributed by atoms with Crippen LogP contribution in [-0.2, 0) is 25.5 Å². The van der Waals surface area contributed by atoms with Gasteiger partial charge in [-0.05, 0) is 120 Å². The molecule has 6 rings (SSSR count). The number of ether oxygens (including phenoxy) is 2. The Kier molecular flexibility index (Phi) is 14.2. The number of piperazine rings is 1. The second kappa shape index (κ2) is 19.5. The minimum Gasteiger partial charge on any atom is -0.444 e. The predicted octanol–water partition coefficient (Wildman–Crippen LogP) is 6.36. The Morgan fingerprint density at radius 1 is 0.806 bits per heavy atom. The van der Waals surface area contributed by atoms with E-state index in [0.717, 1.165) is 12.8 Å². The van der Waals surface area contributed by atoms with Crippen molar-refractivity contribution < 1.29 is 37.8 Å². The average Bonchev–Trinajstić information content (AvgIpc) is 3.78. The van der Waals surface area contributed by atoms with Crippen molar-refractivity contribution in [3.8, 4) is 22.5 Å². The summed E-state index contributed by atoms with van der Waals surface area (Å²) >= 11 is 0. The zero-order valence-corrected chi connectivity index (χ0v) is 36.1. The number of alkyl carbamates (subject to hydrolysis) is 1. The molecule has 2 fully saturated rings. The number of hydrogen-bond acceptors (Lipinski definition) is 10. The fourth-order valence-corrected chi connectivity index (χ4v) is 7.45. The Morgan fingerprint density at radius 3 is 2.05 bits per heavy atom. The molecule has 1 aromatic heterocycles. The van der Waals surface area contributed by atoms with E-state index in [0.29, 0.717) is 47.6 Å². The van der Waals surface area contributed by atoms with Crippen molar-refractivity contribution in [1.29, 1.82) is 0 Å². The SMILES string of the molecule is CC(C)(C)OC(=O)NCC1CCC(C(=O)NC(Cc2ccc(-c3cccc(C(=O)N4CCN(C(=O)OC(C)(C)C)CC4)c3F)cc2)C(=O)Nc2ccc(-c3nn[nH]n3)cc2)CC1. The molecule has 2 heterocycles. The number of tetrazole rings is 1. The van der Waals surface area contributed by atoms with Gasteiger partial charge in [0.25, 0.3) is 5.91 Å². The van der Waals surface area contributed by atoms with Gasteiger partial charge in [-0.15, -0.1) is 10.2 Å². The van der Waals surface area contributed by atoms with Crippen LogP contribution in [0.25, 0.3) is 22.5 Å². The minimum absolute atomic E-state index is 0.0737. The van der Waals surface area contributed by atoms with Gasteiger partial charge in [0.2, 0.25) is 17.6 Å². The molecule has 4 N–H and O–H groups in total. The smallest absolute Gasteiger partial charge is 0.410 e. The second-order valence-electron chi connectivity index (χ2n) is 17.8. The van der Waals surface area contributed by atoms with Gasteiger partial charge in [-0.3, -0.25) is 14.4 Å². The van der Waals surface area contributed by atoms with E-state index in [4.69, 9.17) is 9.47 Å². The number of aromatic nitrogens is 4. The third kappa shape index (κ3) is 12.4. The number of H-pyrrole nitrogens is 1. The molecule has 0 spiro atoms. The normalized spacial score (nSPS) is 17.4. The molecular formula is C45H56FN9O7. The van der Waals surface area contributed by atoms with Gasteiger partial charge in [0.05, 0.1) is 5.56 Å². The molecule has 1 unspecified atom stereocenters. The maximum Gasteiger partial charge on any atom is 0.410 e. The summed E-state index contributed by atoms with van der Waals surface area (Å²) in [5.41, 5.74) is 1.37. The van der Waals surface area contributed by atoms with Crippen molar-refractivity contribution in [3.05, 3.63) is 83.7 Å². The highest BCUT2D eigenvalue weighted by atomic mass is 19.1. The number of halogens is 1. The quantitative estimate of drug-likeness (QED) is 0.132. The van der Waals surface area contributed by atoms with Crippen LogP contribution < -0.4 is 16.0 Å². The first-order valence-corrected chi connectivity index (χ1v) is 21.0. The molecule has 1 saturated heterocycles. The van der Waals surface area contributed by atoms with Gasteiger partial charge in [0, 0.05) is 61.9 Å². The maximum absolute atomic E-state index is 16.1. The molecule has 2 aliphatic rings. The van der Waals surface area contributed by atoms with Gasteiger partial charge >= 0.3 is 12.2 Å². The molecule has 1 aliphatic carbocycles. The van der Waals surface area contributed by atoms with E-state index in [2.05, 4.69) is 36.6 Å². The first-order chi connectivity index (χ1) is 29.4. The second-order valence-corrected chi connectivity index (χ2v) is 17.8. The average molecular weight is 854 g/mol. The molecule has 3 aromatic carbocycles. The van der Waals surface area contributed by atoms with Crippen LogP contribution in [0.4, 0.5) is 19.7 Å². The zero-order valence-electron chi connectivity index (χ0n) is 36.1. The van der Waals surface area contributed by atoms with E-state index < -0.39 is 47.1 Å². The summed E-state index contributed by atoms with van der Waals surface area (Å²) in [7, 11) is 0. The molecule has 0 radical (unpaired) electrons. The number of rotatable bonds is 11. The van der Waals surface area contributed by atoms with Gasteiger partial charge in [-0.2, -0.15) is 5.21 Å². The number of nitrogens with zero attached hydrogens (tertiary/aromatic N) is 5. The number of hydrogen-bond donors (Lipinski definition) is 4. The summed E-state index contributed by atoms with van der Waals surface area (Å²) in [6.45, 7) is 12.3. The van der Waals surface area contributed by atoms with E-state index in [1.54, 1.807) is 107 Å². The van der Waals surface area contributed by atoms with Crippen LogP contribution in [0.3, 0.4) is 0 Å². The van der Waals surface area contributed by atoms with E-state index in [-0.39, 0.29) is 61.5 Å². The molecule has 0 bridgehead atoms. The number of carbonyl (C=O) groups is 5. The van der Waals surface area contributed by atoms with E-state index >= 15 is 4.39 Å². The topological polar surface area (TPSA) is 201 Å². The molecule has 1 saturated carbocycles. The zero-order chi connectivity index (χ0) is 44.6. The summed E-state index contributed by atoms with van der Waals surface area (Å²) in [4.78, 5) is 68.9. The minimum atomic E-state index is -0.953. The van der Waals surface area contributed by atoms with E-state index in [1.807, 2.05) is 0 Å². The van der Waals surface area contributed by atoms with Crippen LogP contribution in [0.5, 0.6) is 0 Å². The summed E-state index contributed by atoms with van der Waals surface area (Å²) in [5, 5.41) is 22.7. The number of anilines is 1.